The van der Waals surface area contributed by atoms with Crippen molar-refractivity contribution < 1.29 is 14.7 Å². The molecule has 0 bridgehead atoms. The van der Waals surface area contributed by atoms with Crippen molar-refractivity contribution in [2.24, 2.45) is 0 Å². The number of Topliss-reactive ketones (excluding diaryl/α,β-unsaturated/α-hetero) is 1. The van der Waals surface area contributed by atoms with E-state index in [1.807, 2.05) is 6.92 Å². The number of carbonyl (C=O) groups excluding carboxylic acids is 1. The highest BCUT2D eigenvalue weighted by molar-refractivity contribution is 9.09. The number of carboxylic acid groups (broad SMARTS) is 1. The number of ketones is 1. The van der Waals surface area contributed by atoms with E-state index in [9.17, 15) is 9.59 Å². The molecule has 0 atom stereocenters. The zero-order valence-electron chi connectivity index (χ0n) is 6.84. The lowest BCUT2D eigenvalue weighted by atomic mass is 10.1. The molecule has 68 valence electrons. The Morgan fingerprint density at radius 1 is 1.50 bits per heavy atom. The van der Waals surface area contributed by atoms with Crippen LogP contribution in [0.1, 0.15) is 19.8 Å². The van der Waals surface area contributed by atoms with Crippen LogP contribution in [-0.2, 0) is 9.59 Å². The molecule has 0 amide bonds. The maximum atomic E-state index is 11.0. The molecule has 12 heavy (non-hydrogen) atoms. The maximum Gasteiger partial charge on any atom is 0.339 e. The second kappa shape index (κ2) is 5.94. The van der Waals surface area contributed by atoms with Crippen molar-refractivity contribution in [2.75, 3.05) is 5.33 Å². The van der Waals surface area contributed by atoms with Gasteiger partial charge in [0.1, 0.15) is 0 Å². The number of allylic oxidation sites excluding steroid dienone is 1. The van der Waals surface area contributed by atoms with Crippen LogP contribution in [-0.4, -0.2) is 22.2 Å². The Balaban J connectivity index is 4.43. The van der Waals surface area contributed by atoms with Gasteiger partial charge in [0, 0.05) is 0 Å². The molecular formula is C8H11BrO3. The normalized spacial score (nSPS) is 11.3. The standard InChI is InChI=1S/C8H11BrO3/c1-2-3-4-6(8(11)12)7(10)5-9/h4H,2-3,5H2,1H3,(H,11,12). The summed E-state index contributed by atoms with van der Waals surface area (Å²) in [4.78, 5) is 21.5. The van der Waals surface area contributed by atoms with Gasteiger partial charge in [0.25, 0.3) is 0 Å². The Kier molecular flexibility index (Phi) is 5.62. The summed E-state index contributed by atoms with van der Waals surface area (Å²) in [6, 6.07) is 0. The van der Waals surface area contributed by atoms with Crippen molar-refractivity contribution in [1.82, 2.24) is 0 Å². The van der Waals surface area contributed by atoms with Gasteiger partial charge in [-0.05, 0) is 6.42 Å². The molecule has 3 nitrogen and oxygen atoms in total. The van der Waals surface area contributed by atoms with Gasteiger partial charge >= 0.3 is 5.97 Å². The van der Waals surface area contributed by atoms with Crippen LogP contribution in [0.5, 0.6) is 0 Å². The van der Waals surface area contributed by atoms with E-state index >= 15 is 0 Å². The van der Waals surface area contributed by atoms with E-state index in [-0.39, 0.29) is 16.7 Å². The van der Waals surface area contributed by atoms with Crippen LogP contribution in [0, 0.1) is 0 Å². The average molecular weight is 235 g/mol. The molecule has 0 aliphatic carbocycles. The van der Waals surface area contributed by atoms with E-state index in [1.165, 1.54) is 6.08 Å². The van der Waals surface area contributed by atoms with E-state index in [1.54, 1.807) is 0 Å². The van der Waals surface area contributed by atoms with E-state index in [2.05, 4.69) is 15.9 Å². The topological polar surface area (TPSA) is 54.4 Å². The minimum absolute atomic E-state index is 0.0643. The van der Waals surface area contributed by atoms with Gasteiger partial charge < -0.3 is 5.11 Å². The molecule has 0 radical (unpaired) electrons. The van der Waals surface area contributed by atoms with Crippen LogP contribution >= 0.6 is 15.9 Å². The number of rotatable bonds is 5. The van der Waals surface area contributed by atoms with Crippen molar-refractivity contribution in [2.45, 2.75) is 19.8 Å². The Morgan fingerprint density at radius 2 is 2.08 bits per heavy atom. The number of halogens is 1. The number of carboxylic acids is 1. The van der Waals surface area contributed by atoms with Gasteiger partial charge in [0.15, 0.2) is 5.78 Å². The summed E-state index contributed by atoms with van der Waals surface area (Å²) in [7, 11) is 0. The first-order valence-corrected chi connectivity index (χ1v) is 4.78. The zero-order valence-corrected chi connectivity index (χ0v) is 8.43. The molecule has 0 aromatic heterocycles. The Hall–Kier alpha value is -0.640. The first-order chi connectivity index (χ1) is 5.63. The third kappa shape index (κ3) is 3.67. The first kappa shape index (κ1) is 11.4. The van der Waals surface area contributed by atoms with Gasteiger partial charge in [-0.1, -0.05) is 35.4 Å². The molecule has 0 spiro atoms. The summed E-state index contributed by atoms with van der Waals surface area (Å²) in [5.41, 5.74) is -0.117. The van der Waals surface area contributed by atoms with Gasteiger partial charge in [-0.15, -0.1) is 0 Å². The van der Waals surface area contributed by atoms with Crippen LogP contribution < -0.4 is 0 Å². The molecule has 0 aromatic rings. The summed E-state index contributed by atoms with van der Waals surface area (Å²) >= 11 is 2.92. The van der Waals surface area contributed by atoms with E-state index in [0.29, 0.717) is 6.42 Å². The smallest absolute Gasteiger partial charge is 0.339 e. The summed E-state index contributed by atoms with van der Waals surface area (Å²) in [6.45, 7) is 1.93. The van der Waals surface area contributed by atoms with Crippen LogP contribution in [0.25, 0.3) is 0 Å². The predicted octanol–water partition coefficient (Wildman–Crippen LogP) is 1.76. The first-order valence-electron chi connectivity index (χ1n) is 3.66. The molecule has 0 fully saturated rings. The van der Waals surface area contributed by atoms with Crippen LogP contribution in [0.2, 0.25) is 0 Å². The van der Waals surface area contributed by atoms with Crippen LogP contribution in [0.3, 0.4) is 0 Å². The van der Waals surface area contributed by atoms with Crippen molar-refractivity contribution in [3.05, 3.63) is 11.6 Å². The van der Waals surface area contributed by atoms with Gasteiger partial charge in [-0.2, -0.15) is 0 Å². The third-order valence-corrected chi connectivity index (χ3v) is 1.80. The predicted molar refractivity (Wildman–Crippen MR) is 49.4 cm³/mol. The lowest BCUT2D eigenvalue weighted by Gasteiger charge is -1.96. The van der Waals surface area contributed by atoms with Crippen LogP contribution in [0.4, 0.5) is 0 Å². The van der Waals surface area contributed by atoms with Crippen LogP contribution in [0.15, 0.2) is 11.6 Å². The molecule has 0 heterocycles. The summed E-state index contributed by atoms with van der Waals surface area (Å²) < 4.78 is 0. The largest absolute Gasteiger partial charge is 0.478 e. The molecule has 4 heteroatoms. The monoisotopic (exact) mass is 234 g/mol. The van der Waals surface area contributed by atoms with Gasteiger partial charge in [0.05, 0.1) is 10.9 Å². The molecule has 0 saturated carbocycles. The highest BCUT2D eigenvalue weighted by Crippen LogP contribution is 2.03. The third-order valence-electron chi connectivity index (χ3n) is 1.29. The zero-order chi connectivity index (χ0) is 9.56. The molecular weight excluding hydrogens is 224 g/mol. The Morgan fingerprint density at radius 3 is 2.42 bits per heavy atom. The van der Waals surface area contributed by atoms with Gasteiger partial charge in [0.2, 0.25) is 0 Å². The van der Waals surface area contributed by atoms with Crippen molar-refractivity contribution >= 4 is 27.7 Å². The van der Waals surface area contributed by atoms with E-state index < -0.39 is 5.97 Å². The quantitative estimate of drug-likeness (QED) is 0.342. The Bertz CT molecular complexity index is 208. The SMILES string of the molecule is CCCC=C(C(=O)O)C(=O)CBr. The molecule has 0 unspecified atom stereocenters. The molecule has 0 rings (SSSR count). The second-order valence-corrected chi connectivity index (χ2v) is 2.83. The fraction of sp³-hybridized carbons (Fsp3) is 0.500. The molecule has 0 saturated heterocycles. The number of unbranched alkanes of at least 4 members (excludes halogenated alkanes) is 1. The lowest BCUT2D eigenvalue weighted by Crippen LogP contribution is -2.13. The number of aliphatic carboxylic acids is 1. The summed E-state index contributed by atoms with van der Waals surface area (Å²) in [5.74, 6) is -1.52. The van der Waals surface area contributed by atoms with Crippen molar-refractivity contribution in [3.63, 3.8) is 0 Å². The number of alkyl halides is 1. The highest BCUT2D eigenvalue weighted by Gasteiger charge is 2.14. The number of hydrogen-bond acceptors (Lipinski definition) is 2. The minimum Gasteiger partial charge on any atom is -0.478 e. The minimum atomic E-state index is -1.15. The summed E-state index contributed by atoms with van der Waals surface area (Å²) in [6.07, 6.45) is 2.93. The van der Waals surface area contributed by atoms with Gasteiger partial charge in [-0.3, -0.25) is 4.79 Å². The highest BCUT2D eigenvalue weighted by atomic mass is 79.9. The fourth-order valence-corrected chi connectivity index (χ4v) is 0.983. The molecule has 0 aromatic carbocycles. The fourth-order valence-electron chi connectivity index (χ4n) is 0.681. The summed E-state index contributed by atoms with van der Waals surface area (Å²) in [5, 5.41) is 8.66. The number of carbonyl (C=O) groups is 2. The molecule has 1 N–H and O–H groups in total. The number of hydrogen-bond donors (Lipinski definition) is 1. The second-order valence-electron chi connectivity index (χ2n) is 2.27. The maximum absolute atomic E-state index is 11.0. The molecule has 0 aliphatic heterocycles. The van der Waals surface area contributed by atoms with E-state index in [4.69, 9.17) is 5.11 Å². The molecule has 0 aliphatic rings. The lowest BCUT2D eigenvalue weighted by molar-refractivity contribution is -0.134. The van der Waals surface area contributed by atoms with Crippen molar-refractivity contribution in [3.8, 4) is 0 Å². The average Bonchev–Trinajstić information content (AvgIpc) is 2.04. The Labute approximate surface area is 79.6 Å². The van der Waals surface area contributed by atoms with E-state index in [0.717, 1.165) is 6.42 Å². The van der Waals surface area contributed by atoms with Gasteiger partial charge in [-0.25, -0.2) is 4.79 Å². The van der Waals surface area contributed by atoms with Crippen molar-refractivity contribution in [1.29, 1.82) is 0 Å².